The van der Waals surface area contributed by atoms with E-state index < -0.39 is 0 Å². The molecular formula is C23H26N2O. The molecule has 1 atom stereocenters. The number of nitrogens with one attached hydrogen (secondary N) is 2. The van der Waals surface area contributed by atoms with Crippen LogP contribution in [0.4, 0.5) is 0 Å². The molecule has 3 nitrogen and oxygen atoms in total. The first kappa shape index (κ1) is 16.9. The van der Waals surface area contributed by atoms with Crippen molar-refractivity contribution in [1.82, 2.24) is 10.3 Å². The van der Waals surface area contributed by atoms with Crippen LogP contribution in [-0.2, 0) is 12.8 Å². The van der Waals surface area contributed by atoms with Crippen molar-refractivity contribution in [2.75, 3.05) is 0 Å². The van der Waals surface area contributed by atoms with E-state index in [1.807, 2.05) is 26.0 Å². The molecule has 0 fully saturated rings. The number of benzene rings is 2. The van der Waals surface area contributed by atoms with Gasteiger partial charge in [0.25, 0.3) is 5.91 Å². The van der Waals surface area contributed by atoms with Gasteiger partial charge in [-0.25, -0.2) is 0 Å². The Labute approximate surface area is 154 Å². The van der Waals surface area contributed by atoms with E-state index in [1.165, 1.54) is 33.3 Å². The van der Waals surface area contributed by atoms with Gasteiger partial charge >= 0.3 is 0 Å². The van der Waals surface area contributed by atoms with Crippen molar-refractivity contribution < 1.29 is 4.79 Å². The van der Waals surface area contributed by atoms with Crippen molar-refractivity contribution in [1.29, 1.82) is 0 Å². The maximum absolute atomic E-state index is 12.7. The van der Waals surface area contributed by atoms with Gasteiger partial charge in [0.1, 0.15) is 0 Å². The van der Waals surface area contributed by atoms with Crippen molar-refractivity contribution in [2.24, 2.45) is 0 Å². The lowest BCUT2D eigenvalue weighted by atomic mass is 9.90. The quantitative estimate of drug-likeness (QED) is 0.695. The second-order valence-electron chi connectivity index (χ2n) is 7.85. The van der Waals surface area contributed by atoms with Gasteiger partial charge in [0.15, 0.2) is 0 Å². The summed E-state index contributed by atoms with van der Waals surface area (Å²) >= 11 is 0. The fraction of sp³-hybridized carbons (Fsp3) is 0.348. The van der Waals surface area contributed by atoms with Crippen LogP contribution in [0.3, 0.4) is 0 Å². The third-order valence-electron chi connectivity index (χ3n) is 5.62. The molecule has 2 aromatic carbocycles. The molecule has 0 spiro atoms. The molecule has 1 unspecified atom stereocenters. The number of hydrogen-bond acceptors (Lipinski definition) is 1. The number of carbonyl (C=O) groups excluding carboxylic acids is 1. The maximum atomic E-state index is 12.7. The highest BCUT2D eigenvalue weighted by molar-refractivity contribution is 5.95. The van der Waals surface area contributed by atoms with Crippen molar-refractivity contribution in [3.8, 4) is 0 Å². The first-order chi connectivity index (χ1) is 12.4. The summed E-state index contributed by atoms with van der Waals surface area (Å²) in [5.41, 5.74) is 9.59. The summed E-state index contributed by atoms with van der Waals surface area (Å²) < 4.78 is 0. The van der Waals surface area contributed by atoms with Crippen LogP contribution in [0.1, 0.15) is 50.3 Å². The number of fused-ring (bicyclic) bond motifs is 3. The zero-order valence-corrected chi connectivity index (χ0v) is 16.0. The third kappa shape index (κ3) is 3.03. The Morgan fingerprint density at radius 3 is 2.42 bits per heavy atom. The van der Waals surface area contributed by atoms with E-state index in [2.05, 4.69) is 42.3 Å². The van der Waals surface area contributed by atoms with Crippen molar-refractivity contribution in [2.45, 2.75) is 53.0 Å². The molecule has 1 aliphatic carbocycles. The minimum Gasteiger partial charge on any atom is -0.358 e. The lowest BCUT2D eigenvalue weighted by molar-refractivity contribution is 0.0933. The van der Waals surface area contributed by atoms with Gasteiger partial charge in [-0.3, -0.25) is 4.79 Å². The molecule has 0 aliphatic heterocycles. The zero-order chi connectivity index (χ0) is 18.4. The number of hydrogen-bond donors (Lipinski definition) is 2. The van der Waals surface area contributed by atoms with Gasteiger partial charge in [-0.2, -0.15) is 0 Å². The summed E-state index contributed by atoms with van der Waals surface area (Å²) in [6, 6.07) is 10.7. The van der Waals surface area contributed by atoms with E-state index in [0.29, 0.717) is 0 Å². The lowest BCUT2D eigenvalue weighted by Crippen LogP contribution is -2.38. The molecule has 0 radical (unpaired) electrons. The number of aromatic nitrogens is 1. The Hall–Kier alpha value is -2.55. The summed E-state index contributed by atoms with van der Waals surface area (Å²) in [5, 5.41) is 4.57. The van der Waals surface area contributed by atoms with Gasteiger partial charge in [0.05, 0.1) is 0 Å². The summed E-state index contributed by atoms with van der Waals surface area (Å²) in [4.78, 5) is 16.3. The highest BCUT2D eigenvalue weighted by Crippen LogP contribution is 2.31. The Morgan fingerprint density at radius 2 is 1.69 bits per heavy atom. The van der Waals surface area contributed by atoms with E-state index in [0.717, 1.165) is 36.0 Å². The van der Waals surface area contributed by atoms with Crippen LogP contribution in [0, 0.1) is 27.7 Å². The molecule has 0 bridgehead atoms. The maximum Gasteiger partial charge on any atom is 0.251 e. The molecule has 2 N–H and O–H groups in total. The Balaban J connectivity index is 1.58. The van der Waals surface area contributed by atoms with Gasteiger partial charge in [-0.15, -0.1) is 0 Å². The number of aromatic amines is 1. The Morgan fingerprint density at radius 1 is 1.00 bits per heavy atom. The smallest absolute Gasteiger partial charge is 0.251 e. The largest absolute Gasteiger partial charge is 0.358 e. The minimum atomic E-state index is 0.0390. The fourth-order valence-electron chi connectivity index (χ4n) is 4.18. The van der Waals surface area contributed by atoms with Crippen LogP contribution in [0.2, 0.25) is 0 Å². The average molecular weight is 346 g/mol. The topological polar surface area (TPSA) is 44.9 Å². The highest BCUT2D eigenvalue weighted by atomic mass is 16.1. The van der Waals surface area contributed by atoms with Crippen molar-refractivity contribution in [3.63, 3.8) is 0 Å². The normalized spacial score (nSPS) is 16.5. The molecule has 1 amide bonds. The van der Waals surface area contributed by atoms with Gasteiger partial charge in [-0.1, -0.05) is 17.2 Å². The number of H-pyrrole nitrogens is 1. The minimum absolute atomic E-state index is 0.0390. The monoisotopic (exact) mass is 346 g/mol. The van der Waals surface area contributed by atoms with E-state index in [-0.39, 0.29) is 11.9 Å². The van der Waals surface area contributed by atoms with Crippen LogP contribution in [0.25, 0.3) is 10.9 Å². The van der Waals surface area contributed by atoms with Gasteiger partial charge < -0.3 is 10.3 Å². The highest BCUT2D eigenvalue weighted by Gasteiger charge is 2.24. The zero-order valence-electron chi connectivity index (χ0n) is 16.0. The second-order valence-corrected chi connectivity index (χ2v) is 7.85. The first-order valence-corrected chi connectivity index (χ1v) is 9.40. The van der Waals surface area contributed by atoms with Crippen LogP contribution in [-0.4, -0.2) is 16.9 Å². The molecular weight excluding hydrogens is 320 g/mol. The SMILES string of the molecule is Cc1cc(C)cc(C(=O)NC2CCc3[nH]c4cc(C)c(C)cc4c3C2)c1. The van der Waals surface area contributed by atoms with E-state index in [9.17, 15) is 4.79 Å². The summed E-state index contributed by atoms with van der Waals surface area (Å²) in [6.45, 7) is 8.39. The molecule has 134 valence electrons. The predicted molar refractivity (Wildman–Crippen MR) is 107 cm³/mol. The third-order valence-corrected chi connectivity index (χ3v) is 5.62. The molecule has 1 heterocycles. The molecule has 1 aliphatic rings. The average Bonchev–Trinajstić information content (AvgIpc) is 2.91. The summed E-state index contributed by atoms with van der Waals surface area (Å²) in [5.74, 6) is 0.0390. The molecule has 26 heavy (non-hydrogen) atoms. The van der Waals surface area contributed by atoms with Crippen LogP contribution < -0.4 is 5.32 Å². The first-order valence-electron chi connectivity index (χ1n) is 9.40. The lowest BCUT2D eigenvalue weighted by Gasteiger charge is -2.24. The summed E-state index contributed by atoms with van der Waals surface area (Å²) in [7, 11) is 0. The predicted octanol–water partition coefficient (Wildman–Crippen LogP) is 4.69. The number of rotatable bonds is 2. The Bertz CT molecular complexity index is 992. The van der Waals surface area contributed by atoms with Crippen molar-refractivity contribution >= 4 is 16.8 Å². The van der Waals surface area contributed by atoms with Crippen LogP contribution in [0.5, 0.6) is 0 Å². The fourth-order valence-corrected chi connectivity index (χ4v) is 4.18. The van der Waals surface area contributed by atoms with Crippen LogP contribution in [0.15, 0.2) is 30.3 Å². The van der Waals surface area contributed by atoms with Gasteiger partial charge in [-0.05, 0) is 87.9 Å². The molecule has 0 saturated carbocycles. The standard InChI is InChI=1S/C23H26N2O/c1-13-7-14(2)9-17(8-13)23(26)24-18-5-6-21-20(12-18)19-10-15(3)16(4)11-22(19)25-21/h7-11,18,25H,5-6,12H2,1-4H3,(H,24,26). The molecule has 0 saturated heterocycles. The van der Waals surface area contributed by atoms with E-state index in [4.69, 9.17) is 0 Å². The number of amides is 1. The molecule has 1 aromatic heterocycles. The van der Waals surface area contributed by atoms with E-state index in [1.54, 1.807) is 0 Å². The van der Waals surface area contributed by atoms with Crippen molar-refractivity contribution in [3.05, 3.63) is 69.4 Å². The molecule has 3 heteroatoms. The van der Waals surface area contributed by atoms with Gasteiger partial charge in [0, 0.05) is 28.2 Å². The summed E-state index contributed by atoms with van der Waals surface area (Å²) in [6.07, 6.45) is 2.86. The molecule has 3 aromatic rings. The number of carbonyl (C=O) groups is 1. The molecule has 4 rings (SSSR count). The number of aryl methyl sites for hydroxylation is 5. The Kier molecular flexibility index (Phi) is 4.10. The van der Waals surface area contributed by atoms with Gasteiger partial charge in [0.2, 0.25) is 0 Å². The second kappa shape index (κ2) is 6.31. The van der Waals surface area contributed by atoms with E-state index >= 15 is 0 Å². The van der Waals surface area contributed by atoms with Crippen LogP contribution >= 0.6 is 0 Å².